The van der Waals surface area contributed by atoms with Crippen molar-refractivity contribution in [2.24, 2.45) is 23.5 Å². The number of carbonyl (C=O) groups is 1. The molecule has 0 saturated carbocycles. The summed E-state index contributed by atoms with van der Waals surface area (Å²) >= 11 is 0. The predicted molar refractivity (Wildman–Crippen MR) is 91.7 cm³/mol. The largest absolute Gasteiger partial charge is 0.355 e. The second-order valence-electron chi connectivity index (χ2n) is 6.97. The van der Waals surface area contributed by atoms with Gasteiger partial charge in [0.1, 0.15) is 0 Å². The molecule has 0 aromatic heterocycles. The summed E-state index contributed by atoms with van der Waals surface area (Å²) in [4.78, 5) is 14.3. The van der Waals surface area contributed by atoms with Crippen LogP contribution in [0.2, 0.25) is 0 Å². The number of hydrogen-bond donors (Lipinski definition) is 2. The van der Waals surface area contributed by atoms with Crippen molar-refractivity contribution in [3.63, 3.8) is 0 Å². The van der Waals surface area contributed by atoms with Gasteiger partial charge in [0.2, 0.25) is 5.91 Å². The number of amides is 1. The van der Waals surface area contributed by atoms with Gasteiger partial charge in [-0.05, 0) is 43.6 Å². The number of piperidine rings is 1. The maximum absolute atomic E-state index is 11.7. The third-order valence-electron chi connectivity index (χ3n) is 4.17. The Kier molecular flexibility index (Phi) is 10.3. The predicted octanol–water partition coefficient (Wildman–Crippen LogP) is 2.27. The number of unbranched alkanes of at least 4 members (excludes halogenated alkanes) is 1. The molecular weight excluding hydrogens is 286 g/mol. The average Bonchev–Trinajstić information content (AvgIpc) is 2.35. The molecule has 1 amide bonds. The van der Waals surface area contributed by atoms with Gasteiger partial charge < -0.3 is 16.0 Å². The first kappa shape index (κ1) is 20.7. The van der Waals surface area contributed by atoms with Crippen LogP contribution in [0, 0.1) is 17.8 Å². The Morgan fingerprint density at radius 1 is 1.24 bits per heavy atom. The zero-order valence-electron chi connectivity index (χ0n) is 14.1. The quantitative estimate of drug-likeness (QED) is 0.708. The molecule has 1 heterocycles. The number of nitrogens with two attached hydrogens (primary N) is 1. The van der Waals surface area contributed by atoms with Crippen LogP contribution in [0.1, 0.15) is 47.0 Å². The van der Waals surface area contributed by atoms with Crippen molar-refractivity contribution in [2.45, 2.75) is 53.0 Å². The Labute approximate surface area is 136 Å². The van der Waals surface area contributed by atoms with Gasteiger partial charge in [0.05, 0.1) is 6.04 Å². The van der Waals surface area contributed by atoms with E-state index in [2.05, 4.69) is 24.1 Å². The van der Waals surface area contributed by atoms with Gasteiger partial charge in [0.15, 0.2) is 0 Å². The lowest BCUT2D eigenvalue weighted by Gasteiger charge is -2.34. The Balaban J connectivity index is 0.00000400. The number of nitrogens with zero attached hydrogens (tertiary/aromatic N) is 1. The first-order valence-corrected chi connectivity index (χ1v) is 8.15. The number of halogens is 1. The van der Waals surface area contributed by atoms with Gasteiger partial charge in [0.25, 0.3) is 0 Å². The SMILES string of the molecule is CC1CC(C)CN(CCCCNC(=O)[C@@H](N)C(C)C)C1.Cl. The molecule has 1 fully saturated rings. The van der Waals surface area contributed by atoms with Crippen molar-refractivity contribution in [3.05, 3.63) is 0 Å². The van der Waals surface area contributed by atoms with Crippen molar-refractivity contribution in [2.75, 3.05) is 26.2 Å². The lowest BCUT2D eigenvalue weighted by atomic mass is 9.92. The molecule has 21 heavy (non-hydrogen) atoms. The summed E-state index contributed by atoms with van der Waals surface area (Å²) in [5, 5.41) is 2.94. The number of likely N-dealkylation sites (tertiary alicyclic amines) is 1. The Morgan fingerprint density at radius 2 is 1.81 bits per heavy atom. The molecule has 0 aliphatic carbocycles. The van der Waals surface area contributed by atoms with E-state index >= 15 is 0 Å². The molecule has 3 N–H and O–H groups in total. The minimum atomic E-state index is -0.376. The van der Waals surface area contributed by atoms with Gasteiger partial charge in [-0.2, -0.15) is 0 Å². The smallest absolute Gasteiger partial charge is 0.237 e. The maximum atomic E-state index is 11.7. The topological polar surface area (TPSA) is 58.4 Å². The summed E-state index contributed by atoms with van der Waals surface area (Å²) in [6.07, 6.45) is 3.55. The van der Waals surface area contributed by atoms with Crippen molar-refractivity contribution < 1.29 is 4.79 Å². The Bertz CT molecular complexity index is 289. The zero-order valence-corrected chi connectivity index (χ0v) is 14.9. The summed E-state index contributed by atoms with van der Waals surface area (Å²) in [5.41, 5.74) is 5.80. The standard InChI is InChI=1S/C16H33N3O.ClH/c1-12(2)15(17)16(20)18-7-5-6-8-19-10-13(3)9-14(4)11-19;/h12-15H,5-11,17H2,1-4H3,(H,18,20);1H/t13?,14?,15-;/m0./s1. The molecule has 4 nitrogen and oxygen atoms in total. The highest BCUT2D eigenvalue weighted by molar-refractivity contribution is 5.85. The molecule has 1 saturated heterocycles. The molecule has 3 atom stereocenters. The molecule has 1 aliphatic rings. The molecule has 2 unspecified atom stereocenters. The molecule has 0 radical (unpaired) electrons. The Hall–Kier alpha value is -0.320. The third kappa shape index (κ3) is 8.03. The van der Waals surface area contributed by atoms with E-state index in [1.54, 1.807) is 0 Å². The molecule has 0 aromatic carbocycles. The summed E-state index contributed by atoms with van der Waals surface area (Å²) in [6.45, 7) is 13.0. The Morgan fingerprint density at radius 3 is 2.33 bits per heavy atom. The third-order valence-corrected chi connectivity index (χ3v) is 4.17. The lowest BCUT2D eigenvalue weighted by molar-refractivity contribution is -0.123. The van der Waals surface area contributed by atoms with E-state index in [0.29, 0.717) is 0 Å². The molecule has 126 valence electrons. The summed E-state index contributed by atoms with van der Waals surface area (Å²) in [7, 11) is 0. The monoisotopic (exact) mass is 319 g/mol. The molecule has 0 aromatic rings. The van der Waals surface area contributed by atoms with Crippen LogP contribution in [0.15, 0.2) is 0 Å². The highest BCUT2D eigenvalue weighted by atomic mass is 35.5. The van der Waals surface area contributed by atoms with Crippen LogP contribution < -0.4 is 11.1 Å². The van der Waals surface area contributed by atoms with Crippen molar-refractivity contribution in [3.8, 4) is 0 Å². The number of nitrogens with one attached hydrogen (secondary N) is 1. The lowest BCUT2D eigenvalue weighted by Crippen LogP contribution is -2.44. The number of carbonyl (C=O) groups excluding carboxylic acids is 1. The molecule has 1 aliphatic heterocycles. The second-order valence-corrected chi connectivity index (χ2v) is 6.97. The summed E-state index contributed by atoms with van der Waals surface area (Å²) in [5.74, 6) is 1.83. The maximum Gasteiger partial charge on any atom is 0.237 e. The van der Waals surface area contributed by atoms with E-state index in [1.807, 2.05) is 13.8 Å². The fraction of sp³-hybridized carbons (Fsp3) is 0.938. The van der Waals surface area contributed by atoms with E-state index in [0.717, 1.165) is 37.8 Å². The highest BCUT2D eigenvalue weighted by Crippen LogP contribution is 2.20. The minimum Gasteiger partial charge on any atom is -0.355 e. The fourth-order valence-corrected chi connectivity index (χ4v) is 3.07. The van der Waals surface area contributed by atoms with Gasteiger partial charge >= 0.3 is 0 Å². The van der Waals surface area contributed by atoms with Crippen LogP contribution in [0.4, 0.5) is 0 Å². The van der Waals surface area contributed by atoms with E-state index in [4.69, 9.17) is 5.73 Å². The van der Waals surface area contributed by atoms with Gasteiger partial charge in [0, 0.05) is 19.6 Å². The second kappa shape index (κ2) is 10.4. The van der Waals surface area contributed by atoms with E-state index in [1.165, 1.54) is 19.5 Å². The van der Waals surface area contributed by atoms with Crippen molar-refractivity contribution in [1.82, 2.24) is 10.2 Å². The summed E-state index contributed by atoms with van der Waals surface area (Å²) < 4.78 is 0. The number of rotatable bonds is 7. The highest BCUT2D eigenvalue weighted by Gasteiger charge is 2.21. The van der Waals surface area contributed by atoms with Crippen LogP contribution in [-0.4, -0.2) is 43.0 Å². The first-order chi connectivity index (χ1) is 9.40. The van der Waals surface area contributed by atoms with E-state index in [-0.39, 0.29) is 30.3 Å². The van der Waals surface area contributed by atoms with Gasteiger partial charge in [-0.1, -0.05) is 27.7 Å². The van der Waals surface area contributed by atoms with Crippen LogP contribution in [-0.2, 0) is 4.79 Å². The van der Waals surface area contributed by atoms with Crippen LogP contribution in [0.25, 0.3) is 0 Å². The van der Waals surface area contributed by atoms with Crippen LogP contribution in [0.5, 0.6) is 0 Å². The van der Waals surface area contributed by atoms with Crippen molar-refractivity contribution in [1.29, 1.82) is 0 Å². The molecule has 0 spiro atoms. The van der Waals surface area contributed by atoms with Crippen LogP contribution >= 0.6 is 12.4 Å². The van der Waals surface area contributed by atoms with E-state index < -0.39 is 0 Å². The molecular formula is C16H34ClN3O. The average molecular weight is 320 g/mol. The first-order valence-electron chi connectivity index (χ1n) is 8.15. The number of hydrogen-bond acceptors (Lipinski definition) is 3. The zero-order chi connectivity index (χ0) is 15.1. The molecule has 1 rings (SSSR count). The van der Waals surface area contributed by atoms with Gasteiger partial charge in [-0.25, -0.2) is 0 Å². The normalized spacial score (nSPS) is 24.5. The van der Waals surface area contributed by atoms with Gasteiger partial charge in [-0.15, -0.1) is 12.4 Å². The minimum absolute atomic E-state index is 0. The van der Waals surface area contributed by atoms with Gasteiger partial charge in [-0.3, -0.25) is 4.79 Å². The molecule has 0 bridgehead atoms. The fourth-order valence-electron chi connectivity index (χ4n) is 3.07. The van der Waals surface area contributed by atoms with E-state index in [9.17, 15) is 4.79 Å². The van der Waals surface area contributed by atoms with Crippen molar-refractivity contribution >= 4 is 18.3 Å². The molecule has 5 heteroatoms. The summed E-state index contributed by atoms with van der Waals surface area (Å²) in [6, 6.07) is -0.376. The van der Waals surface area contributed by atoms with Crippen LogP contribution in [0.3, 0.4) is 0 Å².